The van der Waals surface area contributed by atoms with Gasteiger partial charge < -0.3 is 10.1 Å². The molecule has 5 heteroatoms. The van der Waals surface area contributed by atoms with Crippen molar-refractivity contribution in [2.75, 3.05) is 0 Å². The minimum absolute atomic E-state index is 0.0266. The minimum Gasteiger partial charge on any atom is -0.506 e. The molecule has 4 aromatic rings. The van der Waals surface area contributed by atoms with Gasteiger partial charge in [0.1, 0.15) is 10.6 Å². The summed E-state index contributed by atoms with van der Waals surface area (Å²) in [5.41, 5.74) is 5.15. The average molecular weight is 348 g/mol. The Morgan fingerprint density at radius 3 is 2.76 bits per heavy atom. The van der Waals surface area contributed by atoms with Crippen LogP contribution in [0, 0.1) is 0 Å². The quantitative estimate of drug-likeness (QED) is 0.536. The molecule has 1 aliphatic carbocycles. The van der Waals surface area contributed by atoms with Gasteiger partial charge in [-0.1, -0.05) is 30.3 Å². The number of nitrogens with zero attached hydrogens (tertiary/aromatic N) is 1. The summed E-state index contributed by atoms with van der Waals surface area (Å²) in [5, 5.41) is 11.2. The first-order valence-electron chi connectivity index (χ1n) is 8.48. The highest BCUT2D eigenvalue weighted by molar-refractivity contribution is 7.25. The molecule has 0 atom stereocenters. The summed E-state index contributed by atoms with van der Waals surface area (Å²) in [5.74, 6) is 0.0266. The molecule has 25 heavy (non-hydrogen) atoms. The SMILES string of the molecule is O=c1cc(O)c2sc3nc4c(c(-c5ccccc5)c3c2[nH]1)CCCC4. The van der Waals surface area contributed by atoms with Crippen molar-refractivity contribution < 1.29 is 5.11 Å². The number of aromatic nitrogens is 2. The number of thiophene rings is 1. The van der Waals surface area contributed by atoms with Gasteiger partial charge in [0.15, 0.2) is 0 Å². The van der Waals surface area contributed by atoms with Crippen LogP contribution in [0.5, 0.6) is 5.75 Å². The van der Waals surface area contributed by atoms with Crippen LogP contribution in [0.1, 0.15) is 24.1 Å². The molecule has 0 spiro atoms. The molecule has 124 valence electrons. The fraction of sp³-hybridized carbons (Fsp3) is 0.200. The van der Waals surface area contributed by atoms with Crippen LogP contribution >= 0.6 is 11.3 Å². The third-order valence-electron chi connectivity index (χ3n) is 4.93. The van der Waals surface area contributed by atoms with E-state index in [9.17, 15) is 9.90 Å². The normalized spacial score (nSPS) is 14.1. The van der Waals surface area contributed by atoms with Gasteiger partial charge in [-0.05, 0) is 42.4 Å². The number of rotatable bonds is 1. The van der Waals surface area contributed by atoms with Gasteiger partial charge in [0.2, 0.25) is 0 Å². The molecule has 0 saturated carbocycles. The van der Waals surface area contributed by atoms with E-state index in [-0.39, 0.29) is 11.3 Å². The van der Waals surface area contributed by atoms with E-state index in [0.717, 1.165) is 52.7 Å². The van der Waals surface area contributed by atoms with Gasteiger partial charge in [-0.2, -0.15) is 0 Å². The number of nitrogens with one attached hydrogen (secondary N) is 1. The van der Waals surface area contributed by atoms with E-state index in [1.807, 2.05) is 18.2 Å². The van der Waals surface area contributed by atoms with Crippen LogP contribution in [0.3, 0.4) is 0 Å². The summed E-state index contributed by atoms with van der Waals surface area (Å²) in [6.07, 6.45) is 4.31. The second-order valence-corrected chi connectivity index (χ2v) is 7.49. The molecule has 0 unspecified atom stereocenters. The highest BCUT2D eigenvalue weighted by atomic mass is 32.1. The van der Waals surface area contributed by atoms with Crippen molar-refractivity contribution in [1.29, 1.82) is 0 Å². The van der Waals surface area contributed by atoms with E-state index in [2.05, 4.69) is 17.1 Å². The van der Waals surface area contributed by atoms with Crippen molar-refractivity contribution in [3.8, 4) is 16.9 Å². The number of aromatic amines is 1. The molecule has 0 saturated heterocycles. The average Bonchev–Trinajstić information content (AvgIpc) is 2.99. The fourth-order valence-corrected chi connectivity index (χ4v) is 4.93. The molecule has 1 aliphatic rings. The maximum absolute atomic E-state index is 12.0. The van der Waals surface area contributed by atoms with Gasteiger partial charge >= 0.3 is 0 Å². The highest BCUT2D eigenvalue weighted by Crippen LogP contribution is 2.44. The number of hydrogen-bond acceptors (Lipinski definition) is 4. The molecular weight excluding hydrogens is 332 g/mol. The minimum atomic E-state index is -0.290. The lowest BCUT2D eigenvalue weighted by atomic mass is 9.87. The monoisotopic (exact) mass is 348 g/mol. The van der Waals surface area contributed by atoms with Gasteiger partial charge in [-0.15, -0.1) is 11.3 Å². The largest absolute Gasteiger partial charge is 0.506 e. The van der Waals surface area contributed by atoms with Crippen LogP contribution in [0.2, 0.25) is 0 Å². The number of hydrogen-bond donors (Lipinski definition) is 2. The molecule has 0 aliphatic heterocycles. The third kappa shape index (κ3) is 2.19. The van der Waals surface area contributed by atoms with Crippen LogP contribution in [0.4, 0.5) is 0 Å². The molecule has 4 nitrogen and oxygen atoms in total. The molecule has 0 bridgehead atoms. The van der Waals surface area contributed by atoms with E-state index in [4.69, 9.17) is 4.98 Å². The van der Waals surface area contributed by atoms with E-state index in [0.29, 0.717) is 10.2 Å². The lowest BCUT2D eigenvalue weighted by molar-refractivity contribution is 0.481. The van der Waals surface area contributed by atoms with Crippen molar-refractivity contribution in [2.45, 2.75) is 25.7 Å². The number of aryl methyl sites for hydroxylation is 1. The van der Waals surface area contributed by atoms with Crippen molar-refractivity contribution in [1.82, 2.24) is 9.97 Å². The second kappa shape index (κ2) is 5.43. The van der Waals surface area contributed by atoms with Crippen molar-refractivity contribution in [3.63, 3.8) is 0 Å². The van der Waals surface area contributed by atoms with Gasteiger partial charge in [0.25, 0.3) is 5.56 Å². The molecule has 0 amide bonds. The number of benzene rings is 1. The first kappa shape index (κ1) is 14.7. The summed E-state index contributed by atoms with van der Waals surface area (Å²) in [6, 6.07) is 11.5. The second-order valence-electron chi connectivity index (χ2n) is 6.49. The number of aromatic hydroxyl groups is 1. The van der Waals surface area contributed by atoms with Crippen LogP contribution < -0.4 is 5.56 Å². The van der Waals surface area contributed by atoms with Gasteiger partial charge in [-0.3, -0.25) is 4.79 Å². The van der Waals surface area contributed by atoms with Crippen LogP contribution in [-0.4, -0.2) is 15.1 Å². The molecule has 5 rings (SSSR count). The Balaban J connectivity index is 2.02. The summed E-state index contributed by atoms with van der Waals surface area (Å²) < 4.78 is 0.696. The van der Waals surface area contributed by atoms with Gasteiger partial charge in [0.05, 0.1) is 10.2 Å². The van der Waals surface area contributed by atoms with Crippen molar-refractivity contribution in [3.05, 3.63) is 58.0 Å². The summed E-state index contributed by atoms with van der Waals surface area (Å²) in [6.45, 7) is 0. The topological polar surface area (TPSA) is 66.0 Å². The van der Waals surface area contributed by atoms with E-state index < -0.39 is 0 Å². The number of H-pyrrole nitrogens is 1. The van der Waals surface area contributed by atoms with Crippen molar-refractivity contribution >= 4 is 31.8 Å². The highest BCUT2D eigenvalue weighted by Gasteiger charge is 2.23. The lowest BCUT2D eigenvalue weighted by Gasteiger charge is -2.20. The van der Waals surface area contributed by atoms with Gasteiger partial charge in [-0.25, -0.2) is 4.98 Å². The molecule has 2 N–H and O–H groups in total. The fourth-order valence-electron chi connectivity index (χ4n) is 3.86. The summed E-state index contributed by atoms with van der Waals surface area (Å²) in [4.78, 5) is 20.7. The third-order valence-corrected chi connectivity index (χ3v) is 6.03. The Hall–Kier alpha value is -2.66. The van der Waals surface area contributed by atoms with E-state index >= 15 is 0 Å². The predicted octanol–water partition coefficient (Wildman–Crippen LogP) is 4.39. The Morgan fingerprint density at radius 1 is 1.12 bits per heavy atom. The zero-order chi connectivity index (χ0) is 17.0. The smallest absolute Gasteiger partial charge is 0.252 e. The zero-order valence-electron chi connectivity index (χ0n) is 13.5. The molecule has 1 aromatic carbocycles. The Kier molecular flexibility index (Phi) is 3.18. The Morgan fingerprint density at radius 2 is 1.92 bits per heavy atom. The van der Waals surface area contributed by atoms with E-state index in [1.54, 1.807) is 0 Å². The molecule has 3 heterocycles. The van der Waals surface area contributed by atoms with Crippen LogP contribution in [0.25, 0.3) is 31.6 Å². The first-order valence-corrected chi connectivity index (χ1v) is 9.29. The zero-order valence-corrected chi connectivity index (χ0v) is 14.3. The predicted molar refractivity (Wildman–Crippen MR) is 101 cm³/mol. The molecule has 3 aromatic heterocycles. The lowest BCUT2D eigenvalue weighted by Crippen LogP contribution is -2.08. The van der Waals surface area contributed by atoms with Crippen LogP contribution in [-0.2, 0) is 12.8 Å². The summed E-state index contributed by atoms with van der Waals surface area (Å²) in [7, 11) is 0. The number of pyridine rings is 2. The standard InChI is InChI=1S/C20H16N2O2S/c23-14-10-15(24)22-18-17-16(11-6-2-1-3-7-11)12-8-4-5-9-13(12)21-20(17)25-19(14)18/h1-3,6-7,10H,4-5,8-9H2,(H2,22,23,24). The first-order chi connectivity index (χ1) is 12.2. The maximum atomic E-state index is 12.0. The summed E-state index contributed by atoms with van der Waals surface area (Å²) >= 11 is 1.45. The Bertz CT molecular complexity index is 1180. The van der Waals surface area contributed by atoms with E-state index in [1.165, 1.54) is 23.0 Å². The molecule has 0 radical (unpaired) electrons. The van der Waals surface area contributed by atoms with Crippen molar-refractivity contribution in [2.24, 2.45) is 0 Å². The van der Waals surface area contributed by atoms with Gasteiger partial charge in [0, 0.05) is 17.1 Å². The number of fused-ring (bicyclic) bond motifs is 4. The maximum Gasteiger partial charge on any atom is 0.252 e. The molecule has 0 fully saturated rings. The molecular formula is C20H16N2O2S. The van der Waals surface area contributed by atoms with Crippen LogP contribution in [0.15, 0.2) is 41.2 Å². The Labute approximate surface area is 147 Å².